The van der Waals surface area contributed by atoms with Gasteiger partial charge in [0.05, 0.1) is 23.2 Å². The quantitative estimate of drug-likeness (QED) is 0.388. The smallest absolute Gasteiger partial charge is 0.262 e. The molecule has 1 aliphatic rings. The van der Waals surface area contributed by atoms with Gasteiger partial charge in [-0.1, -0.05) is 6.07 Å². The van der Waals surface area contributed by atoms with E-state index in [1.165, 1.54) is 0 Å². The van der Waals surface area contributed by atoms with E-state index in [-0.39, 0.29) is 17.3 Å². The molecule has 198 valence electrons. The second kappa shape index (κ2) is 10.3. The number of methoxy groups -OCH3 is 1. The van der Waals surface area contributed by atoms with Gasteiger partial charge in [0, 0.05) is 44.8 Å². The lowest BCUT2D eigenvalue weighted by Crippen LogP contribution is -2.50. The van der Waals surface area contributed by atoms with Crippen LogP contribution in [-0.4, -0.2) is 67.0 Å². The van der Waals surface area contributed by atoms with Crippen LogP contribution in [0.15, 0.2) is 66.0 Å². The minimum absolute atomic E-state index is 0.00611. The van der Waals surface area contributed by atoms with Crippen LogP contribution >= 0.6 is 0 Å². The highest BCUT2D eigenvalue weighted by atomic mass is 32.2. The van der Waals surface area contributed by atoms with Gasteiger partial charge >= 0.3 is 0 Å². The molecule has 1 saturated heterocycles. The van der Waals surface area contributed by atoms with Crippen molar-refractivity contribution in [1.29, 1.82) is 0 Å². The maximum atomic E-state index is 13.3. The van der Waals surface area contributed by atoms with Crippen molar-refractivity contribution in [2.75, 3.05) is 42.9 Å². The molecule has 4 aromatic rings. The van der Waals surface area contributed by atoms with Crippen LogP contribution in [0, 0.1) is 13.8 Å². The molecule has 0 atom stereocenters. The molecule has 0 unspecified atom stereocenters. The number of sulfonamides is 1. The molecule has 11 heteroatoms. The minimum atomic E-state index is -3.84. The van der Waals surface area contributed by atoms with Gasteiger partial charge in [-0.2, -0.15) is 0 Å². The Kier molecular flexibility index (Phi) is 6.94. The molecule has 0 spiro atoms. The van der Waals surface area contributed by atoms with E-state index in [1.807, 2.05) is 27.8 Å². The third kappa shape index (κ3) is 5.14. The summed E-state index contributed by atoms with van der Waals surface area (Å²) >= 11 is 0. The number of nitrogens with one attached hydrogen (secondary N) is 1. The first-order valence-corrected chi connectivity index (χ1v) is 13.8. The summed E-state index contributed by atoms with van der Waals surface area (Å²) in [4.78, 5) is 25.8. The van der Waals surface area contributed by atoms with E-state index in [1.54, 1.807) is 63.7 Å². The summed E-state index contributed by atoms with van der Waals surface area (Å²) in [7, 11) is -2.29. The number of rotatable bonds is 7. The molecule has 0 radical (unpaired) electrons. The lowest BCUT2D eigenvalue weighted by molar-refractivity contribution is -0.132. The van der Waals surface area contributed by atoms with Crippen molar-refractivity contribution in [2.45, 2.75) is 25.3 Å². The maximum absolute atomic E-state index is 13.3. The molecule has 0 saturated carbocycles. The van der Waals surface area contributed by atoms with E-state index in [0.29, 0.717) is 54.7 Å². The summed E-state index contributed by atoms with van der Waals surface area (Å²) in [6.07, 6.45) is 5.28. The zero-order valence-electron chi connectivity index (χ0n) is 21.6. The number of piperazine rings is 1. The number of carbonyl (C=O) groups excluding carboxylic acids is 1. The predicted octanol–water partition coefficient (Wildman–Crippen LogP) is 3.21. The van der Waals surface area contributed by atoms with Gasteiger partial charge in [0.2, 0.25) is 11.9 Å². The number of amides is 1. The van der Waals surface area contributed by atoms with Crippen LogP contribution in [0.1, 0.15) is 11.1 Å². The highest BCUT2D eigenvalue weighted by Crippen LogP contribution is 2.29. The first kappa shape index (κ1) is 25.5. The molecule has 1 fully saturated rings. The van der Waals surface area contributed by atoms with Crippen LogP contribution < -0.4 is 14.4 Å². The van der Waals surface area contributed by atoms with Gasteiger partial charge in [-0.25, -0.2) is 18.4 Å². The number of ether oxygens (including phenoxy) is 1. The molecule has 0 bridgehead atoms. The molecule has 1 N–H and O–H groups in total. The summed E-state index contributed by atoms with van der Waals surface area (Å²) in [6.45, 7) is 6.16. The van der Waals surface area contributed by atoms with E-state index in [0.717, 1.165) is 10.9 Å². The number of hydrogen-bond donors (Lipinski definition) is 1. The number of aromatic nitrogens is 3. The summed E-state index contributed by atoms with van der Waals surface area (Å²) in [5.41, 5.74) is 2.40. The maximum Gasteiger partial charge on any atom is 0.262 e. The van der Waals surface area contributed by atoms with Crippen LogP contribution in [0.2, 0.25) is 0 Å². The number of carbonyl (C=O) groups is 1. The van der Waals surface area contributed by atoms with E-state index >= 15 is 0 Å². The van der Waals surface area contributed by atoms with Crippen molar-refractivity contribution in [1.82, 2.24) is 19.4 Å². The highest BCUT2D eigenvalue weighted by Gasteiger charge is 2.24. The number of anilines is 2. The van der Waals surface area contributed by atoms with Crippen molar-refractivity contribution in [2.24, 2.45) is 0 Å². The Morgan fingerprint density at radius 1 is 1.00 bits per heavy atom. The van der Waals surface area contributed by atoms with Gasteiger partial charge in [0.1, 0.15) is 12.3 Å². The van der Waals surface area contributed by atoms with E-state index < -0.39 is 10.0 Å². The summed E-state index contributed by atoms with van der Waals surface area (Å²) in [5.74, 6) is 1.29. The van der Waals surface area contributed by atoms with Crippen molar-refractivity contribution >= 4 is 38.5 Å². The van der Waals surface area contributed by atoms with Crippen LogP contribution in [0.3, 0.4) is 0 Å². The van der Waals surface area contributed by atoms with E-state index in [4.69, 9.17) is 4.74 Å². The normalized spacial score (nSPS) is 14.1. The molecule has 2 aromatic carbocycles. The topological polar surface area (TPSA) is 110 Å². The van der Waals surface area contributed by atoms with Gasteiger partial charge in [-0.3, -0.25) is 9.52 Å². The number of hydrogen-bond acceptors (Lipinski definition) is 7. The number of aryl methyl sites for hydroxylation is 2. The van der Waals surface area contributed by atoms with Gasteiger partial charge in [0.25, 0.3) is 10.0 Å². The fourth-order valence-corrected chi connectivity index (χ4v) is 6.40. The van der Waals surface area contributed by atoms with Crippen molar-refractivity contribution in [3.63, 3.8) is 0 Å². The Hall–Kier alpha value is -4.12. The molecule has 38 heavy (non-hydrogen) atoms. The average Bonchev–Trinajstić information content (AvgIpc) is 3.30. The average molecular weight is 535 g/mol. The molecule has 3 heterocycles. The van der Waals surface area contributed by atoms with Crippen LogP contribution in [0.4, 0.5) is 11.6 Å². The third-order valence-electron chi connectivity index (χ3n) is 6.74. The van der Waals surface area contributed by atoms with Crippen molar-refractivity contribution < 1.29 is 17.9 Å². The monoisotopic (exact) mass is 534 g/mol. The third-order valence-corrected chi connectivity index (χ3v) is 8.42. The molecule has 0 aliphatic carbocycles. The first-order valence-electron chi connectivity index (χ1n) is 12.3. The summed E-state index contributed by atoms with van der Waals surface area (Å²) in [6, 6.07) is 12.4. The minimum Gasteiger partial charge on any atom is -0.497 e. The van der Waals surface area contributed by atoms with Crippen molar-refractivity contribution in [3.05, 3.63) is 72.2 Å². The van der Waals surface area contributed by atoms with Crippen LogP contribution in [0.5, 0.6) is 5.75 Å². The largest absolute Gasteiger partial charge is 0.497 e. The SMILES string of the molecule is COc1cc(C)c(S(=O)(=O)Nc2ccc3ccn(CC(=O)N4CCN(c5ncccn5)CC4)c3c2)c(C)c1. The van der Waals surface area contributed by atoms with Gasteiger partial charge in [-0.05, 0) is 66.8 Å². The van der Waals surface area contributed by atoms with E-state index in [9.17, 15) is 13.2 Å². The molecule has 5 rings (SSSR count). The lowest BCUT2D eigenvalue weighted by Gasteiger charge is -2.34. The lowest BCUT2D eigenvalue weighted by atomic mass is 10.1. The Morgan fingerprint density at radius 2 is 1.68 bits per heavy atom. The van der Waals surface area contributed by atoms with Crippen molar-refractivity contribution in [3.8, 4) is 5.75 Å². The van der Waals surface area contributed by atoms with Gasteiger partial charge in [-0.15, -0.1) is 0 Å². The molecular weight excluding hydrogens is 504 g/mol. The highest BCUT2D eigenvalue weighted by molar-refractivity contribution is 7.92. The molecule has 1 amide bonds. The molecule has 1 aliphatic heterocycles. The first-order chi connectivity index (χ1) is 18.2. The standard InChI is InChI=1S/C27H30N6O4S/c1-19-15-23(37-3)16-20(2)26(19)38(35,36)30-22-6-5-21-7-10-33(24(21)17-22)18-25(34)31-11-13-32(14-12-31)27-28-8-4-9-29-27/h4-10,15-17,30H,11-14,18H2,1-3H3. The zero-order chi connectivity index (χ0) is 26.9. The number of fused-ring (bicyclic) bond motifs is 1. The van der Waals surface area contributed by atoms with Gasteiger partial charge < -0.3 is 19.1 Å². The van der Waals surface area contributed by atoms with Crippen LogP contribution in [0.25, 0.3) is 10.9 Å². The molecule has 10 nitrogen and oxygen atoms in total. The Labute approximate surface area is 221 Å². The Balaban J connectivity index is 1.30. The second-order valence-electron chi connectivity index (χ2n) is 9.33. The van der Waals surface area contributed by atoms with Crippen LogP contribution in [-0.2, 0) is 21.4 Å². The van der Waals surface area contributed by atoms with Gasteiger partial charge in [0.15, 0.2) is 0 Å². The number of benzene rings is 2. The summed E-state index contributed by atoms with van der Waals surface area (Å²) < 4.78 is 36.4. The predicted molar refractivity (Wildman–Crippen MR) is 146 cm³/mol. The molecule has 2 aromatic heterocycles. The fourth-order valence-electron chi connectivity index (χ4n) is 4.90. The Morgan fingerprint density at radius 3 is 2.34 bits per heavy atom. The summed E-state index contributed by atoms with van der Waals surface area (Å²) in [5, 5.41) is 0.920. The molecular formula is C27H30N6O4S. The fraction of sp³-hybridized carbons (Fsp3) is 0.296. The van der Waals surface area contributed by atoms with E-state index in [2.05, 4.69) is 19.6 Å². The second-order valence-corrected chi connectivity index (χ2v) is 10.9. The Bertz CT molecular complexity index is 1550. The number of nitrogens with zero attached hydrogens (tertiary/aromatic N) is 5. The zero-order valence-corrected chi connectivity index (χ0v) is 22.4.